The number of aromatic hydroxyl groups is 1. The highest BCUT2D eigenvalue weighted by molar-refractivity contribution is 7.93. The van der Waals surface area contributed by atoms with E-state index in [2.05, 4.69) is 9.97 Å². The van der Waals surface area contributed by atoms with Crippen molar-refractivity contribution < 1.29 is 18.3 Å². The molecule has 5 rings (SSSR count). The van der Waals surface area contributed by atoms with Gasteiger partial charge in [0.25, 0.3) is 10.0 Å². The number of hydrogen-bond acceptors (Lipinski definition) is 7. The molecule has 10 heteroatoms. The van der Waals surface area contributed by atoms with Crippen molar-refractivity contribution in [3.05, 3.63) is 95.1 Å². The van der Waals surface area contributed by atoms with Gasteiger partial charge in [-0.25, -0.2) is 17.7 Å². The van der Waals surface area contributed by atoms with Gasteiger partial charge in [-0.15, -0.1) is 11.3 Å². The Morgan fingerprint density at radius 3 is 2.50 bits per heavy atom. The number of sulfonamides is 1. The van der Waals surface area contributed by atoms with Crippen LogP contribution in [-0.2, 0) is 16.6 Å². The van der Waals surface area contributed by atoms with Crippen LogP contribution in [-0.4, -0.2) is 30.6 Å². The van der Waals surface area contributed by atoms with E-state index in [0.717, 1.165) is 5.56 Å². The molecule has 7 nitrogen and oxygen atoms in total. The number of phenols is 1. The first-order valence-corrected chi connectivity index (χ1v) is 13.5. The number of pyridine rings is 1. The molecule has 0 atom stereocenters. The average molecular weight is 538 g/mol. The summed E-state index contributed by atoms with van der Waals surface area (Å²) >= 11 is 7.22. The maximum absolute atomic E-state index is 13.8. The number of hydrogen-bond donors (Lipinski definition) is 1. The van der Waals surface area contributed by atoms with Crippen molar-refractivity contribution in [2.75, 3.05) is 11.4 Å². The first-order chi connectivity index (χ1) is 17.4. The fraction of sp³-hybridized carbons (Fsp3) is 0.0769. The molecule has 0 amide bonds. The van der Waals surface area contributed by atoms with E-state index in [-0.39, 0.29) is 17.2 Å². The average Bonchev–Trinajstić information content (AvgIpc) is 3.41. The Balaban J connectivity index is 1.57. The lowest BCUT2D eigenvalue weighted by molar-refractivity contribution is 0.414. The summed E-state index contributed by atoms with van der Waals surface area (Å²) in [6.45, 7) is 0.109. The third kappa shape index (κ3) is 4.60. The Hall–Kier alpha value is -3.66. The topological polar surface area (TPSA) is 92.6 Å². The number of ether oxygens (including phenoxy) is 1. The minimum absolute atomic E-state index is 0.00589. The molecule has 0 unspecified atom stereocenters. The Kier molecular flexibility index (Phi) is 6.53. The number of aromatic nitrogens is 2. The van der Waals surface area contributed by atoms with Gasteiger partial charge >= 0.3 is 0 Å². The number of fused-ring (bicyclic) bond motifs is 1. The predicted molar refractivity (Wildman–Crippen MR) is 142 cm³/mol. The molecular weight excluding hydrogens is 518 g/mol. The number of nitrogens with zero attached hydrogens (tertiary/aromatic N) is 3. The second-order valence-corrected chi connectivity index (χ2v) is 11.1. The molecule has 0 saturated heterocycles. The van der Waals surface area contributed by atoms with Crippen LogP contribution in [0.4, 0.5) is 5.13 Å². The van der Waals surface area contributed by atoms with Crippen molar-refractivity contribution in [1.29, 1.82) is 0 Å². The largest absolute Gasteiger partial charge is 0.507 e. The van der Waals surface area contributed by atoms with Crippen LogP contribution in [0.1, 0.15) is 5.56 Å². The zero-order valence-electron chi connectivity index (χ0n) is 19.0. The number of anilines is 1. The van der Waals surface area contributed by atoms with Crippen molar-refractivity contribution in [2.24, 2.45) is 0 Å². The summed E-state index contributed by atoms with van der Waals surface area (Å²) in [6, 6.07) is 18.6. The van der Waals surface area contributed by atoms with E-state index in [1.165, 1.54) is 21.7 Å². The fourth-order valence-corrected chi connectivity index (χ4v) is 6.33. The number of phenolic OH excluding ortho intramolecular Hbond substituents is 1. The molecule has 2 aromatic heterocycles. The van der Waals surface area contributed by atoms with Gasteiger partial charge in [0.15, 0.2) is 5.13 Å². The lowest BCUT2D eigenvalue weighted by Crippen LogP contribution is -2.30. The molecule has 3 aromatic carbocycles. The quantitative estimate of drug-likeness (QED) is 0.269. The summed E-state index contributed by atoms with van der Waals surface area (Å²) in [7, 11) is -2.38. The van der Waals surface area contributed by atoms with Crippen LogP contribution < -0.4 is 9.04 Å². The predicted octanol–water partition coefficient (Wildman–Crippen LogP) is 6.12. The van der Waals surface area contributed by atoms with E-state index in [9.17, 15) is 13.5 Å². The molecule has 0 fully saturated rings. The van der Waals surface area contributed by atoms with Crippen molar-refractivity contribution in [3.63, 3.8) is 0 Å². The van der Waals surface area contributed by atoms with Crippen LogP contribution in [0.5, 0.6) is 11.5 Å². The summed E-state index contributed by atoms with van der Waals surface area (Å²) < 4.78 is 34.2. The third-order valence-corrected chi connectivity index (χ3v) is 8.53. The molecule has 0 aliphatic rings. The van der Waals surface area contributed by atoms with Gasteiger partial charge in [-0.1, -0.05) is 29.8 Å². The summed E-state index contributed by atoms with van der Waals surface area (Å²) in [4.78, 5) is 8.81. The highest BCUT2D eigenvalue weighted by Crippen LogP contribution is 2.36. The van der Waals surface area contributed by atoms with E-state index in [1.807, 2.05) is 12.1 Å². The monoisotopic (exact) mass is 537 g/mol. The SMILES string of the molecule is COc1ccc(CN(c2nccs2)S(=O)(=O)c2ccc3c(-c4ccc(Cl)cc4O)nccc3c2)cc1. The van der Waals surface area contributed by atoms with Gasteiger partial charge in [0.1, 0.15) is 11.5 Å². The summed E-state index contributed by atoms with van der Waals surface area (Å²) in [5, 5.41) is 14.3. The van der Waals surface area contributed by atoms with Crippen molar-refractivity contribution >= 4 is 48.9 Å². The summed E-state index contributed by atoms with van der Waals surface area (Å²) in [5.41, 5.74) is 1.82. The van der Waals surface area contributed by atoms with Gasteiger partial charge in [0.05, 0.1) is 24.2 Å². The standard InChI is InChI=1S/C26H20ClN3O4S2/c1-34-20-5-2-17(3-6-20)16-30(26-29-12-13-35-26)36(32,33)21-7-9-22-18(14-21)10-11-28-25(22)23-8-4-19(27)15-24(23)31/h2-15,31H,16H2,1H3. The third-order valence-electron chi connectivity index (χ3n) is 5.66. The molecule has 36 heavy (non-hydrogen) atoms. The van der Waals surface area contributed by atoms with Gasteiger partial charge < -0.3 is 9.84 Å². The molecule has 0 aliphatic carbocycles. The fourth-order valence-electron chi connectivity index (χ4n) is 3.85. The molecule has 182 valence electrons. The van der Waals surface area contributed by atoms with E-state index < -0.39 is 10.0 Å². The second-order valence-electron chi connectivity index (χ2n) is 7.88. The number of thiazole rings is 1. The minimum atomic E-state index is -3.96. The zero-order valence-corrected chi connectivity index (χ0v) is 21.4. The number of rotatable bonds is 7. The molecule has 0 saturated carbocycles. The van der Waals surface area contributed by atoms with Crippen LogP contribution in [0.3, 0.4) is 0 Å². The summed E-state index contributed by atoms with van der Waals surface area (Å²) in [6.07, 6.45) is 3.16. The van der Waals surface area contributed by atoms with Crippen molar-refractivity contribution in [3.8, 4) is 22.8 Å². The maximum Gasteiger partial charge on any atom is 0.266 e. The molecule has 0 spiro atoms. The molecular formula is C26H20ClN3O4S2. The highest BCUT2D eigenvalue weighted by atomic mass is 35.5. The Morgan fingerprint density at radius 1 is 1.00 bits per heavy atom. The lowest BCUT2D eigenvalue weighted by Gasteiger charge is -2.22. The Labute approximate surface area is 217 Å². The number of methoxy groups -OCH3 is 1. The summed E-state index contributed by atoms with van der Waals surface area (Å²) in [5.74, 6) is 0.682. The van der Waals surface area contributed by atoms with Gasteiger partial charge in [-0.2, -0.15) is 0 Å². The first kappa shape index (κ1) is 24.1. The van der Waals surface area contributed by atoms with E-state index in [4.69, 9.17) is 16.3 Å². The van der Waals surface area contributed by atoms with Crippen LogP contribution in [0.15, 0.2) is 89.4 Å². The van der Waals surface area contributed by atoms with Gasteiger partial charge in [0, 0.05) is 33.7 Å². The highest BCUT2D eigenvalue weighted by Gasteiger charge is 2.27. The normalized spacial score (nSPS) is 11.5. The Bertz CT molecular complexity index is 1640. The van der Waals surface area contributed by atoms with Gasteiger partial charge in [-0.05, 0) is 59.5 Å². The van der Waals surface area contributed by atoms with Crippen LogP contribution in [0, 0.1) is 0 Å². The zero-order chi connectivity index (χ0) is 25.3. The number of benzene rings is 3. The van der Waals surface area contributed by atoms with Crippen molar-refractivity contribution in [1.82, 2.24) is 9.97 Å². The van der Waals surface area contributed by atoms with Crippen LogP contribution >= 0.6 is 22.9 Å². The molecule has 0 aliphatic heterocycles. The first-order valence-electron chi connectivity index (χ1n) is 10.8. The maximum atomic E-state index is 13.8. The van der Waals surface area contributed by atoms with Crippen LogP contribution in [0.2, 0.25) is 5.02 Å². The Morgan fingerprint density at radius 2 is 1.81 bits per heavy atom. The van der Waals surface area contributed by atoms with E-state index in [1.54, 1.807) is 73.4 Å². The van der Waals surface area contributed by atoms with E-state index in [0.29, 0.717) is 37.9 Å². The molecule has 0 bridgehead atoms. The molecule has 5 aromatic rings. The van der Waals surface area contributed by atoms with Gasteiger partial charge in [-0.3, -0.25) is 4.98 Å². The van der Waals surface area contributed by atoms with Gasteiger partial charge in [0.2, 0.25) is 0 Å². The van der Waals surface area contributed by atoms with E-state index >= 15 is 0 Å². The van der Waals surface area contributed by atoms with Crippen molar-refractivity contribution in [2.45, 2.75) is 11.4 Å². The van der Waals surface area contributed by atoms with Crippen LogP contribution in [0.25, 0.3) is 22.0 Å². The molecule has 0 radical (unpaired) electrons. The smallest absolute Gasteiger partial charge is 0.266 e. The number of halogens is 1. The minimum Gasteiger partial charge on any atom is -0.507 e. The molecule has 1 N–H and O–H groups in total. The molecule has 2 heterocycles. The lowest BCUT2D eigenvalue weighted by atomic mass is 10.0. The second kappa shape index (κ2) is 9.77.